The molecule has 1 atom stereocenters. The van der Waals surface area contributed by atoms with E-state index in [0.717, 1.165) is 19.4 Å². The summed E-state index contributed by atoms with van der Waals surface area (Å²) in [5, 5.41) is 14.7. The summed E-state index contributed by atoms with van der Waals surface area (Å²) in [7, 11) is 0. The van der Waals surface area contributed by atoms with Crippen LogP contribution in [-0.4, -0.2) is 24.5 Å². The van der Waals surface area contributed by atoms with Gasteiger partial charge in [-0.2, -0.15) is 5.26 Å². The molecule has 2 aromatic carbocycles. The van der Waals surface area contributed by atoms with Crippen LogP contribution in [0.25, 0.3) is 0 Å². The SMILES string of the molecule is CCCCNc1ccccc1C(=O)O[C@H](C)C(=O)Nc1ccc(C#N)cc1. The molecule has 2 N–H and O–H groups in total. The minimum atomic E-state index is -0.961. The first-order valence-corrected chi connectivity index (χ1v) is 8.90. The van der Waals surface area contributed by atoms with Crippen LogP contribution in [0.5, 0.6) is 0 Å². The summed E-state index contributed by atoms with van der Waals surface area (Å²) in [5.41, 5.74) is 2.12. The van der Waals surface area contributed by atoms with Crippen LogP contribution in [0.3, 0.4) is 0 Å². The van der Waals surface area contributed by atoms with Gasteiger partial charge in [-0.05, 0) is 49.7 Å². The quantitative estimate of drug-likeness (QED) is 0.546. The molecule has 0 saturated heterocycles. The molecule has 0 bridgehead atoms. The average molecular weight is 365 g/mol. The Morgan fingerprint density at radius 2 is 1.85 bits per heavy atom. The maximum absolute atomic E-state index is 12.5. The molecule has 0 aliphatic rings. The van der Waals surface area contributed by atoms with Gasteiger partial charge in [-0.3, -0.25) is 4.79 Å². The Balaban J connectivity index is 1.98. The number of amides is 1. The summed E-state index contributed by atoms with van der Waals surface area (Å²) < 4.78 is 5.32. The van der Waals surface area contributed by atoms with Crippen LogP contribution in [0.1, 0.15) is 42.6 Å². The van der Waals surface area contributed by atoms with Gasteiger partial charge in [0.05, 0.1) is 17.2 Å². The Morgan fingerprint density at radius 3 is 2.52 bits per heavy atom. The molecule has 0 unspecified atom stereocenters. The van der Waals surface area contributed by atoms with Gasteiger partial charge >= 0.3 is 5.97 Å². The summed E-state index contributed by atoms with van der Waals surface area (Å²) in [6.45, 7) is 4.37. The van der Waals surface area contributed by atoms with E-state index in [1.807, 2.05) is 18.2 Å². The highest BCUT2D eigenvalue weighted by Gasteiger charge is 2.20. The van der Waals surface area contributed by atoms with Crippen molar-refractivity contribution >= 4 is 23.3 Å². The third-order valence-electron chi connectivity index (χ3n) is 3.93. The molecule has 2 rings (SSSR count). The lowest BCUT2D eigenvalue weighted by Crippen LogP contribution is -2.30. The zero-order valence-corrected chi connectivity index (χ0v) is 15.5. The predicted molar refractivity (Wildman–Crippen MR) is 105 cm³/mol. The summed E-state index contributed by atoms with van der Waals surface area (Å²) >= 11 is 0. The normalized spacial score (nSPS) is 11.1. The van der Waals surface area contributed by atoms with Crippen molar-refractivity contribution < 1.29 is 14.3 Å². The van der Waals surface area contributed by atoms with E-state index in [0.29, 0.717) is 22.5 Å². The first-order chi connectivity index (χ1) is 13.0. The second kappa shape index (κ2) is 9.97. The zero-order valence-electron chi connectivity index (χ0n) is 15.5. The average Bonchev–Trinajstić information content (AvgIpc) is 2.69. The van der Waals surface area contributed by atoms with Gasteiger partial charge in [0.2, 0.25) is 0 Å². The van der Waals surface area contributed by atoms with Gasteiger partial charge in [0, 0.05) is 17.9 Å². The molecule has 1 amide bonds. The molecule has 0 heterocycles. The van der Waals surface area contributed by atoms with Crippen molar-refractivity contribution in [2.75, 3.05) is 17.2 Å². The van der Waals surface area contributed by atoms with E-state index in [4.69, 9.17) is 10.00 Å². The Hall–Kier alpha value is -3.33. The van der Waals surface area contributed by atoms with E-state index < -0.39 is 18.0 Å². The van der Waals surface area contributed by atoms with Gasteiger partial charge in [0.15, 0.2) is 6.10 Å². The van der Waals surface area contributed by atoms with Crippen molar-refractivity contribution in [1.29, 1.82) is 5.26 Å². The molecular formula is C21H23N3O3. The van der Waals surface area contributed by atoms with Crippen LogP contribution in [0.2, 0.25) is 0 Å². The lowest BCUT2D eigenvalue weighted by molar-refractivity contribution is -0.123. The number of nitrogens with zero attached hydrogens (tertiary/aromatic N) is 1. The second-order valence-corrected chi connectivity index (χ2v) is 6.05. The van der Waals surface area contributed by atoms with Crippen molar-refractivity contribution in [3.05, 3.63) is 59.7 Å². The van der Waals surface area contributed by atoms with Crippen molar-refractivity contribution in [2.45, 2.75) is 32.8 Å². The molecular weight excluding hydrogens is 342 g/mol. The Bertz CT molecular complexity index is 825. The van der Waals surface area contributed by atoms with Gasteiger partial charge in [-0.25, -0.2) is 4.79 Å². The molecule has 2 aromatic rings. The number of hydrogen-bond acceptors (Lipinski definition) is 5. The lowest BCUT2D eigenvalue weighted by Gasteiger charge is -2.16. The standard InChI is InChI=1S/C21H23N3O3/c1-3-4-13-23-19-8-6-5-7-18(19)21(26)27-15(2)20(25)24-17-11-9-16(14-22)10-12-17/h5-12,15,23H,3-4,13H2,1-2H3,(H,24,25)/t15-/m1/s1. The van der Waals surface area contributed by atoms with Crippen LogP contribution < -0.4 is 10.6 Å². The van der Waals surface area contributed by atoms with E-state index in [2.05, 4.69) is 17.6 Å². The smallest absolute Gasteiger partial charge is 0.341 e. The highest BCUT2D eigenvalue weighted by molar-refractivity contribution is 5.99. The number of anilines is 2. The van der Waals surface area contributed by atoms with Crippen molar-refractivity contribution in [3.63, 3.8) is 0 Å². The number of nitriles is 1. The van der Waals surface area contributed by atoms with Crippen LogP contribution in [0.15, 0.2) is 48.5 Å². The van der Waals surface area contributed by atoms with Crippen LogP contribution >= 0.6 is 0 Å². The Kier molecular flexibility index (Phi) is 7.38. The fraction of sp³-hybridized carbons (Fsp3) is 0.286. The zero-order chi connectivity index (χ0) is 19.6. The van der Waals surface area contributed by atoms with Crippen molar-refractivity contribution in [2.24, 2.45) is 0 Å². The summed E-state index contributed by atoms with van der Waals surface area (Å²) in [6, 6.07) is 15.5. The second-order valence-electron chi connectivity index (χ2n) is 6.05. The Morgan fingerprint density at radius 1 is 1.15 bits per heavy atom. The molecule has 0 aliphatic carbocycles. The number of esters is 1. The number of nitrogens with one attached hydrogen (secondary N) is 2. The first-order valence-electron chi connectivity index (χ1n) is 8.90. The molecule has 27 heavy (non-hydrogen) atoms. The fourth-order valence-electron chi connectivity index (χ4n) is 2.36. The summed E-state index contributed by atoms with van der Waals surface area (Å²) in [6.07, 6.45) is 1.08. The number of carbonyl (C=O) groups excluding carboxylic acids is 2. The maximum atomic E-state index is 12.5. The molecule has 0 radical (unpaired) electrons. The van der Waals surface area contributed by atoms with Gasteiger partial charge < -0.3 is 15.4 Å². The van der Waals surface area contributed by atoms with Crippen molar-refractivity contribution in [1.82, 2.24) is 0 Å². The van der Waals surface area contributed by atoms with E-state index >= 15 is 0 Å². The van der Waals surface area contributed by atoms with Gasteiger partial charge in [0.25, 0.3) is 5.91 Å². The topological polar surface area (TPSA) is 91.2 Å². The minimum Gasteiger partial charge on any atom is -0.449 e. The molecule has 6 heteroatoms. The monoisotopic (exact) mass is 365 g/mol. The molecule has 6 nitrogen and oxygen atoms in total. The number of para-hydroxylation sites is 1. The molecule has 0 aliphatic heterocycles. The summed E-state index contributed by atoms with van der Waals surface area (Å²) in [4.78, 5) is 24.7. The number of unbranched alkanes of at least 4 members (excludes halogenated alkanes) is 1. The minimum absolute atomic E-state index is 0.395. The van der Waals surface area contributed by atoms with Crippen LogP contribution in [0.4, 0.5) is 11.4 Å². The molecule has 0 aromatic heterocycles. The number of carbonyl (C=O) groups is 2. The fourth-order valence-corrected chi connectivity index (χ4v) is 2.36. The van der Waals surface area contributed by atoms with Crippen molar-refractivity contribution in [3.8, 4) is 6.07 Å². The third kappa shape index (κ3) is 5.86. The molecule has 0 saturated carbocycles. The predicted octanol–water partition coefficient (Wildman–Crippen LogP) is 3.95. The number of rotatable bonds is 8. The van der Waals surface area contributed by atoms with Crippen LogP contribution in [0, 0.1) is 11.3 Å². The van der Waals surface area contributed by atoms with Gasteiger partial charge in [-0.1, -0.05) is 25.5 Å². The van der Waals surface area contributed by atoms with E-state index in [1.54, 1.807) is 36.4 Å². The highest BCUT2D eigenvalue weighted by atomic mass is 16.5. The van der Waals surface area contributed by atoms with E-state index in [1.165, 1.54) is 6.92 Å². The number of hydrogen-bond donors (Lipinski definition) is 2. The third-order valence-corrected chi connectivity index (χ3v) is 3.93. The molecule has 0 spiro atoms. The molecule has 0 fully saturated rings. The van der Waals surface area contributed by atoms with Gasteiger partial charge in [0.1, 0.15) is 0 Å². The first kappa shape index (κ1) is 20.0. The van der Waals surface area contributed by atoms with E-state index in [9.17, 15) is 9.59 Å². The lowest BCUT2D eigenvalue weighted by atomic mass is 10.1. The Labute approximate surface area is 159 Å². The van der Waals surface area contributed by atoms with E-state index in [-0.39, 0.29) is 0 Å². The number of benzene rings is 2. The largest absolute Gasteiger partial charge is 0.449 e. The van der Waals surface area contributed by atoms with Gasteiger partial charge in [-0.15, -0.1) is 0 Å². The maximum Gasteiger partial charge on any atom is 0.341 e. The highest BCUT2D eigenvalue weighted by Crippen LogP contribution is 2.17. The molecule has 140 valence electrons. The number of ether oxygens (including phenoxy) is 1. The van der Waals surface area contributed by atoms with Crippen LogP contribution in [-0.2, 0) is 9.53 Å². The summed E-state index contributed by atoms with van der Waals surface area (Å²) in [5.74, 6) is -0.999.